The lowest BCUT2D eigenvalue weighted by Gasteiger charge is -2.13. The molecule has 29 heavy (non-hydrogen) atoms. The number of aromatic nitrogens is 2. The largest absolute Gasteiger partial charge is 0.491 e. The fraction of sp³-hybridized carbons (Fsp3) is 0.417. The molecule has 0 unspecified atom stereocenters. The summed E-state index contributed by atoms with van der Waals surface area (Å²) in [5, 5.41) is 2.98. The first-order chi connectivity index (χ1) is 14.1. The molecule has 0 aliphatic carbocycles. The first-order valence-corrected chi connectivity index (χ1v) is 10.5. The van der Waals surface area contributed by atoms with E-state index in [-0.39, 0.29) is 5.91 Å². The van der Waals surface area contributed by atoms with Crippen molar-refractivity contribution in [1.29, 1.82) is 0 Å². The number of imidazole rings is 1. The molecule has 154 valence electrons. The molecule has 0 bridgehead atoms. The number of carbonyl (C=O) groups is 1. The average molecular weight is 394 g/mol. The van der Waals surface area contributed by atoms with Crippen LogP contribution in [0.2, 0.25) is 0 Å². The molecule has 2 aromatic carbocycles. The van der Waals surface area contributed by atoms with Crippen molar-refractivity contribution in [1.82, 2.24) is 14.9 Å². The van der Waals surface area contributed by atoms with Gasteiger partial charge in [0.25, 0.3) is 0 Å². The van der Waals surface area contributed by atoms with E-state index in [0.29, 0.717) is 19.6 Å². The van der Waals surface area contributed by atoms with Crippen molar-refractivity contribution in [3.63, 3.8) is 0 Å². The van der Waals surface area contributed by atoms with Gasteiger partial charge in [-0.3, -0.25) is 4.79 Å². The van der Waals surface area contributed by atoms with Gasteiger partial charge < -0.3 is 14.6 Å². The highest BCUT2D eigenvalue weighted by molar-refractivity contribution is 5.76. The third-order valence-electron chi connectivity index (χ3n) is 5.03. The fourth-order valence-corrected chi connectivity index (χ4v) is 3.47. The fourth-order valence-electron chi connectivity index (χ4n) is 3.47. The maximum Gasteiger partial charge on any atom is 0.219 e. The standard InChI is InChI=1S/C24H31N3O2/c1-4-8-24(28)25-14-7-11-23-26-20-9-5-6-10-21(20)27(23)15-16-29-22-17-18(2)12-13-19(22)3/h5-6,9-10,12-13,17H,4,7-8,11,14-16H2,1-3H3,(H,25,28). The lowest BCUT2D eigenvalue weighted by Crippen LogP contribution is -2.24. The van der Waals surface area contributed by atoms with E-state index in [9.17, 15) is 4.79 Å². The van der Waals surface area contributed by atoms with Crippen molar-refractivity contribution in [2.24, 2.45) is 0 Å². The van der Waals surface area contributed by atoms with Crippen LogP contribution in [0.25, 0.3) is 11.0 Å². The van der Waals surface area contributed by atoms with Crippen LogP contribution in [0.4, 0.5) is 0 Å². The molecule has 5 heteroatoms. The highest BCUT2D eigenvalue weighted by Crippen LogP contribution is 2.20. The van der Waals surface area contributed by atoms with Gasteiger partial charge in [0, 0.05) is 19.4 Å². The zero-order valence-electron chi connectivity index (χ0n) is 17.7. The number of benzene rings is 2. The molecular formula is C24H31N3O2. The predicted molar refractivity (Wildman–Crippen MR) is 117 cm³/mol. The van der Waals surface area contributed by atoms with E-state index in [2.05, 4.69) is 48.0 Å². The highest BCUT2D eigenvalue weighted by atomic mass is 16.5. The molecular weight excluding hydrogens is 362 g/mol. The average Bonchev–Trinajstić information content (AvgIpc) is 3.06. The second kappa shape index (κ2) is 10.1. The summed E-state index contributed by atoms with van der Waals surface area (Å²) in [5.74, 6) is 2.11. The monoisotopic (exact) mass is 393 g/mol. The number of para-hydroxylation sites is 2. The van der Waals surface area contributed by atoms with Crippen LogP contribution in [0.3, 0.4) is 0 Å². The highest BCUT2D eigenvalue weighted by Gasteiger charge is 2.11. The molecule has 0 aliphatic rings. The Labute approximate surface area is 173 Å². The van der Waals surface area contributed by atoms with E-state index in [1.807, 2.05) is 25.1 Å². The van der Waals surface area contributed by atoms with Crippen LogP contribution in [0, 0.1) is 13.8 Å². The summed E-state index contributed by atoms with van der Waals surface area (Å²) < 4.78 is 8.32. The quantitative estimate of drug-likeness (QED) is 0.513. The van der Waals surface area contributed by atoms with E-state index in [0.717, 1.165) is 54.0 Å². The van der Waals surface area contributed by atoms with Crippen LogP contribution in [0.15, 0.2) is 42.5 Å². The Morgan fingerprint density at radius 1 is 1.17 bits per heavy atom. The zero-order chi connectivity index (χ0) is 20.6. The molecule has 0 radical (unpaired) electrons. The van der Waals surface area contributed by atoms with Crippen LogP contribution < -0.4 is 10.1 Å². The lowest BCUT2D eigenvalue weighted by molar-refractivity contribution is -0.121. The van der Waals surface area contributed by atoms with Gasteiger partial charge in [-0.1, -0.05) is 31.2 Å². The minimum atomic E-state index is 0.128. The minimum Gasteiger partial charge on any atom is -0.491 e. The summed E-state index contributed by atoms with van der Waals surface area (Å²) in [5.41, 5.74) is 4.48. The molecule has 0 saturated carbocycles. The van der Waals surface area contributed by atoms with Crippen LogP contribution in [0.1, 0.15) is 43.1 Å². The maximum atomic E-state index is 11.6. The molecule has 0 spiro atoms. The number of aryl methyl sites for hydroxylation is 3. The van der Waals surface area contributed by atoms with Gasteiger partial charge in [0.2, 0.25) is 5.91 Å². The smallest absolute Gasteiger partial charge is 0.219 e. The second-order valence-electron chi connectivity index (χ2n) is 7.49. The molecule has 1 heterocycles. The zero-order valence-corrected chi connectivity index (χ0v) is 17.7. The Morgan fingerprint density at radius 3 is 2.83 bits per heavy atom. The number of hydrogen-bond acceptors (Lipinski definition) is 3. The summed E-state index contributed by atoms with van der Waals surface area (Å²) >= 11 is 0. The Hall–Kier alpha value is -2.82. The van der Waals surface area contributed by atoms with Crippen molar-refractivity contribution in [2.75, 3.05) is 13.2 Å². The van der Waals surface area contributed by atoms with Gasteiger partial charge in [0.05, 0.1) is 17.6 Å². The SMILES string of the molecule is CCCC(=O)NCCCc1nc2ccccc2n1CCOc1cc(C)ccc1C. The van der Waals surface area contributed by atoms with E-state index >= 15 is 0 Å². The topological polar surface area (TPSA) is 56.2 Å². The lowest BCUT2D eigenvalue weighted by atomic mass is 10.1. The Bertz CT molecular complexity index is 962. The number of ether oxygens (including phenoxy) is 1. The summed E-state index contributed by atoms with van der Waals surface area (Å²) in [7, 11) is 0. The summed E-state index contributed by atoms with van der Waals surface area (Å²) in [6.45, 7) is 8.17. The first-order valence-electron chi connectivity index (χ1n) is 10.5. The number of nitrogens with zero attached hydrogens (tertiary/aromatic N) is 2. The van der Waals surface area contributed by atoms with Gasteiger partial charge in [-0.25, -0.2) is 4.98 Å². The van der Waals surface area contributed by atoms with E-state index in [1.165, 1.54) is 5.56 Å². The Kier molecular flexibility index (Phi) is 7.28. The number of amides is 1. The number of rotatable bonds is 10. The third-order valence-corrected chi connectivity index (χ3v) is 5.03. The summed E-state index contributed by atoms with van der Waals surface area (Å²) in [6.07, 6.45) is 3.16. The maximum absolute atomic E-state index is 11.6. The van der Waals surface area contributed by atoms with Gasteiger partial charge in [-0.05, 0) is 56.0 Å². The molecule has 1 amide bonds. The van der Waals surface area contributed by atoms with Gasteiger partial charge in [-0.2, -0.15) is 0 Å². The van der Waals surface area contributed by atoms with Crippen LogP contribution in [0.5, 0.6) is 5.75 Å². The first kappa shape index (κ1) is 20.9. The van der Waals surface area contributed by atoms with E-state index < -0.39 is 0 Å². The molecule has 1 aromatic heterocycles. The molecule has 5 nitrogen and oxygen atoms in total. The molecule has 1 N–H and O–H groups in total. The van der Waals surface area contributed by atoms with Crippen molar-refractivity contribution in [3.05, 3.63) is 59.4 Å². The number of nitrogens with one attached hydrogen (secondary N) is 1. The number of fused-ring (bicyclic) bond motifs is 1. The molecule has 0 atom stereocenters. The molecule has 0 fully saturated rings. The Balaban J connectivity index is 1.65. The van der Waals surface area contributed by atoms with Crippen molar-refractivity contribution in [3.8, 4) is 5.75 Å². The number of hydrogen-bond donors (Lipinski definition) is 1. The van der Waals surface area contributed by atoms with Crippen LogP contribution >= 0.6 is 0 Å². The van der Waals surface area contributed by atoms with Gasteiger partial charge in [0.1, 0.15) is 18.2 Å². The minimum absolute atomic E-state index is 0.128. The van der Waals surface area contributed by atoms with Crippen molar-refractivity contribution in [2.45, 2.75) is 53.0 Å². The molecule has 3 aromatic rings. The normalized spacial score (nSPS) is 11.0. The second-order valence-corrected chi connectivity index (χ2v) is 7.49. The van der Waals surface area contributed by atoms with E-state index in [4.69, 9.17) is 9.72 Å². The summed E-state index contributed by atoms with van der Waals surface area (Å²) in [4.78, 5) is 16.5. The van der Waals surface area contributed by atoms with Gasteiger partial charge in [-0.15, -0.1) is 0 Å². The molecule has 0 aliphatic heterocycles. The van der Waals surface area contributed by atoms with Crippen molar-refractivity contribution < 1.29 is 9.53 Å². The van der Waals surface area contributed by atoms with Crippen molar-refractivity contribution >= 4 is 16.9 Å². The predicted octanol–water partition coefficient (Wildman–Crippen LogP) is 4.58. The van der Waals surface area contributed by atoms with Crippen LogP contribution in [-0.4, -0.2) is 28.6 Å². The van der Waals surface area contributed by atoms with Gasteiger partial charge >= 0.3 is 0 Å². The third kappa shape index (κ3) is 5.59. The Morgan fingerprint density at radius 2 is 2.00 bits per heavy atom. The molecule has 0 saturated heterocycles. The molecule has 3 rings (SSSR count). The number of carbonyl (C=O) groups excluding carboxylic acids is 1. The van der Waals surface area contributed by atoms with E-state index in [1.54, 1.807) is 0 Å². The van der Waals surface area contributed by atoms with Crippen LogP contribution in [-0.2, 0) is 17.8 Å². The summed E-state index contributed by atoms with van der Waals surface area (Å²) in [6, 6.07) is 14.5. The van der Waals surface area contributed by atoms with Gasteiger partial charge in [0.15, 0.2) is 0 Å².